The number of carbonyl (C=O) groups excluding carboxylic acids is 3. The Hall–Kier alpha value is -3.17. The Kier molecular flexibility index (Phi) is 13.2. The van der Waals surface area contributed by atoms with Crippen LogP contribution in [0.2, 0.25) is 0 Å². The van der Waals surface area contributed by atoms with Crippen molar-refractivity contribution in [2.24, 2.45) is 17.8 Å². The molecule has 10 nitrogen and oxygen atoms in total. The summed E-state index contributed by atoms with van der Waals surface area (Å²) in [4.78, 5) is 51.1. The quantitative estimate of drug-likeness (QED) is 0.453. The number of rotatable bonds is 7. The lowest BCUT2D eigenvalue weighted by atomic mass is 9.85. The molecule has 218 valence electrons. The summed E-state index contributed by atoms with van der Waals surface area (Å²) in [6.07, 6.45) is 12.0. The second-order valence-electron chi connectivity index (χ2n) is 10.8. The number of hydrogen-bond acceptors (Lipinski definition) is 8. The Labute approximate surface area is 231 Å². The van der Waals surface area contributed by atoms with Crippen LogP contribution in [-0.2, 0) is 19.1 Å². The first-order valence-electron chi connectivity index (χ1n) is 14.0. The first-order valence-corrected chi connectivity index (χ1v) is 14.0. The maximum absolute atomic E-state index is 13.0. The molecule has 10 heteroatoms. The molecule has 1 aliphatic heterocycles. The zero-order valence-corrected chi connectivity index (χ0v) is 23.9. The van der Waals surface area contributed by atoms with E-state index in [0.29, 0.717) is 12.3 Å². The summed E-state index contributed by atoms with van der Waals surface area (Å²) in [5.41, 5.74) is -0.112. The Balaban J connectivity index is 0.000000798. The minimum atomic E-state index is -0.787. The number of aliphatic carboxylic acids is 1. The fourth-order valence-corrected chi connectivity index (χ4v) is 5.10. The van der Waals surface area contributed by atoms with Gasteiger partial charge in [0.05, 0.1) is 19.1 Å². The Morgan fingerprint density at radius 3 is 2.26 bits per heavy atom. The number of carboxylic acids is 1. The second kappa shape index (κ2) is 16.1. The molecule has 2 unspecified atom stereocenters. The molecule has 1 amide bonds. The van der Waals surface area contributed by atoms with Gasteiger partial charge in [0.2, 0.25) is 5.75 Å². The molecule has 2 N–H and O–H groups in total. The van der Waals surface area contributed by atoms with Gasteiger partial charge in [-0.05, 0) is 38.0 Å². The number of ether oxygens (including phenoxy) is 3. The second-order valence-corrected chi connectivity index (χ2v) is 10.8. The monoisotopic (exact) mass is 548 g/mol. The van der Waals surface area contributed by atoms with Crippen LogP contribution >= 0.6 is 0 Å². The molecule has 1 aliphatic carbocycles. The average molecular weight is 549 g/mol. The number of nitrogens with one attached hydrogen (secondary N) is 1. The third kappa shape index (κ3) is 10.8. The topological polar surface area (TPSA) is 141 Å². The van der Waals surface area contributed by atoms with Crippen molar-refractivity contribution >= 4 is 23.8 Å². The van der Waals surface area contributed by atoms with E-state index in [1.807, 2.05) is 6.92 Å². The summed E-state index contributed by atoms with van der Waals surface area (Å²) < 4.78 is 16.1. The standard InChI is InChI=1S/C25H36N2O6.C4H8O2/c1-16-14-19(15-18-8-4-5-9-18)10-6-7-11-20(25(30)32-16)27-24(29)22-23(33-17(2)28)21(31-3)12-13-26-22;1-3(2)4(5)6/h12-13,16,18-20H,4-11,14-15H2,1-3H3,(H,27,29);3H,1-2H3,(H,5,6)/t16?,19?,20-;/m0./s1. The largest absolute Gasteiger partial charge is 0.493 e. The lowest BCUT2D eigenvalue weighted by Crippen LogP contribution is -2.43. The highest BCUT2D eigenvalue weighted by Crippen LogP contribution is 2.35. The van der Waals surface area contributed by atoms with E-state index < -0.39 is 29.9 Å². The number of carbonyl (C=O) groups is 4. The van der Waals surface area contributed by atoms with Crippen LogP contribution in [0, 0.1) is 17.8 Å². The molecule has 3 atom stereocenters. The molecule has 1 saturated heterocycles. The first kappa shape index (κ1) is 32.0. The predicted molar refractivity (Wildman–Crippen MR) is 145 cm³/mol. The van der Waals surface area contributed by atoms with Crippen molar-refractivity contribution in [3.05, 3.63) is 18.0 Å². The van der Waals surface area contributed by atoms with Gasteiger partial charge in [-0.15, -0.1) is 0 Å². The van der Waals surface area contributed by atoms with E-state index in [9.17, 15) is 19.2 Å². The van der Waals surface area contributed by atoms with E-state index in [2.05, 4.69) is 10.3 Å². The summed E-state index contributed by atoms with van der Waals surface area (Å²) >= 11 is 0. The van der Waals surface area contributed by atoms with E-state index in [1.54, 1.807) is 13.8 Å². The fraction of sp³-hybridized carbons (Fsp3) is 0.690. The zero-order valence-electron chi connectivity index (χ0n) is 23.9. The third-order valence-corrected chi connectivity index (χ3v) is 7.11. The number of hydrogen-bond donors (Lipinski definition) is 2. The van der Waals surface area contributed by atoms with E-state index in [-0.39, 0.29) is 29.2 Å². The minimum absolute atomic E-state index is 0.0682. The van der Waals surface area contributed by atoms with Gasteiger partial charge in [-0.1, -0.05) is 58.8 Å². The molecule has 0 radical (unpaired) electrons. The lowest BCUT2D eigenvalue weighted by Gasteiger charge is -2.27. The first-order chi connectivity index (χ1) is 18.5. The summed E-state index contributed by atoms with van der Waals surface area (Å²) in [7, 11) is 1.41. The number of esters is 2. The van der Waals surface area contributed by atoms with Crippen molar-refractivity contribution < 1.29 is 38.5 Å². The van der Waals surface area contributed by atoms with Gasteiger partial charge in [0.15, 0.2) is 11.4 Å². The van der Waals surface area contributed by atoms with Gasteiger partial charge in [0.25, 0.3) is 5.91 Å². The van der Waals surface area contributed by atoms with E-state index >= 15 is 0 Å². The molecule has 1 aromatic rings. The highest BCUT2D eigenvalue weighted by atomic mass is 16.6. The van der Waals surface area contributed by atoms with Crippen molar-refractivity contribution in [1.29, 1.82) is 0 Å². The molecular weight excluding hydrogens is 504 g/mol. The van der Waals surface area contributed by atoms with Crippen LogP contribution in [0.4, 0.5) is 0 Å². The van der Waals surface area contributed by atoms with Crippen LogP contribution in [0.3, 0.4) is 0 Å². The lowest BCUT2D eigenvalue weighted by molar-refractivity contribution is -0.152. The van der Waals surface area contributed by atoms with Gasteiger partial charge in [0, 0.05) is 19.2 Å². The maximum Gasteiger partial charge on any atom is 0.328 e. The molecule has 2 aliphatic rings. The molecule has 0 aromatic carbocycles. The van der Waals surface area contributed by atoms with Crippen LogP contribution in [0.25, 0.3) is 0 Å². The van der Waals surface area contributed by atoms with Crippen LogP contribution in [0.15, 0.2) is 12.3 Å². The SMILES string of the molecule is CC(C)C(=O)O.COc1ccnc(C(=O)N[C@H]2CCCCC(CC3CCCC3)CC(C)OC2=O)c1OC(C)=O. The molecular formula is C29H44N2O8. The predicted octanol–water partition coefficient (Wildman–Crippen LogP) is 4.93. The van der Waals surface area contributed by atoms with E-state index in [4.69, 9.17) is 19.3 Å². The molecule has 0 bridgehead atoms. The van der Waals surface area contributed by atoms with Gasteiger partial charge in [-0.2, -0.15) is 0 Å². The molecule has 0 spiro atoms. The molecule has 3 rings (SSSR count). The number of amides is 1. The third-order valence-electron chi connectivity index (χ3n) is 7.11. The summed E-state index contributed by atoms with van der Waals surface area (Å²) in [6.45, 7) is 6.45. The van der Waals surface area contributed by atoms with Gasteiger partial charge >= 0.3 is 17.9 Å². The number of aromatic nitrogens is 1. The van der Waals surface area contributed by atoms with Crippen molar-refractivity contribution in [1.82, 2.24) is 10.3 Å². The molecule has 39 heavy (non-hydrogen) atoms. The number of nitrogens with zero attached hydrogens (tertiary/aromatic N) is 1. The highest BCUT2D eigenvalue weighted by Gasteiger charge is 2.30. The fourth-order valence-electron chi connectivity index (χ4n) is 5.10. The minimum Gasteiger partial charge on any atom is -0.493 e. The van der Waals surface area contributed by atoms with Gasteiger partial charge in [-0.25, -0.2) is 9.78 Å². The number of carboxylic acid groups (broad SMARTS) is 1. The van der Waals surface area contributed by atoms with Gasteiger partial charge in [-0.3, -0.25) is 14.4 Å². The van der Waals surface area contributed by atoms with Gasteiger partial charge in [0.1, 0.15) is 6.04 Å². The van der Waals surface area contributed by atoms with E-state index in [1.165, 1.54) is 58.4 Å². The van der Waals surface area contributed by atoms with Crippen LogP contribution in [0.1, 0.15) is 102 Å². The van der Waals surface area contributed by atoms with Crippen molar-refractivity contribution in [3.8, 4) is 11.5 Å². The van der Waals surface area contributed by atoms with Crippen molar-refractivity contribution in [2.75, 3.05) is 7.11 Å². The van der Waals surface area contributed by atoms with E-state index in [0.717, 1.165) is 31.6 Å². The smallest absolute Gasteiger partial charge is 0.328 e. The van der Waals surface area contributed by atoms with Crippen molar-refractivity contribution in [3.63, 3.8) is 0 Å². The summed E-state index contributed by atoms with van der Waals surface area (Å²) in [5, 5.41) is 10.7. The van der Waals surface area contributed by atoms with Crippen LogP contribution < -0.4 is 14.8 Å². The van der Waals surface area contributed by atoms with Gasteiger partial charge < -0.3 is 24.6 Å². The highest BCUT2D eigenvalue weighted by molar-refractivity contribution is 5.98. The normalized spacial score (nSPS) is 22.2. The summed E-state index contributed by atoms with van der Waals surface area (Å²) in [5.74, 6) is -1.09. The molecule has 2 fully saturated rings. The average Bonchev–Trinajstić information content (AvgIpc) is 3.38. The Morgan fingerprint density at radius 2 is 1.69 bits per heavy atom. The number of pyridine rings is 1. The molecule has 1 saturated carbocycles. The molecule has 2 heterocycles. The summed E-state index contributed by atoms with van der Waals surface area (Å²) in [6, 6.07) is 0.709. The Bertz CT molecular complexity index is 974. The number of methoxy groups -OCH3 is 1. The van der Waals surface area contributed by atoms with Crippen LogP contribution in [0.5, 0.6) is 11.5 Å². The van der Waals surface area contributed by atoms with Crippen molar-refractivity contribution in [2.45, 2.75) is 104 Å². The molecule has 1 aromatic heterocycles. The van der Waals surface area contributed by atoms with Crippen LogP contribution in [-0.4, -0.2) is 53.2 Å². The Morgan fingerprint density at radius 1 is 1.10 bits per heavy atom. The number of cyclic esters (lactones) is 1. The zero-order chi connectivity index (χ0) is 28.9. The maximum atomic E-state index is 13.0.